The number of hydrogen-bond acceptors (Lipinski definition) is 3. The summed E-state index contributed by atoms with van der Waals surface area (Å²) < 4.78 is 5.14. The van der Waals surface area contributed by atoms with Crippen LogP contribution < -0.4 is 10.1 Å². The van der Waals surface area contributed by atoms with Crippen molar-refractivity contribution in [3.63, 3.8) is 0 Å². The molecule has 0 radical (unpaired) electrons. The Kier molecular flexibility index (Phi) is 4.69. The molecule has 0 aliphatic carbocycles. The quantitative estimate of drug-likeness (QED) is 0.793. The zero-order valence-corrected chi connectivity index (χ0v) is 11.1. The third-order valence-corrected chi connectivity index (χ3v) is 2.52. The normalized spacial score (nSPS) is 11.3. The molecule has 0 aliphatic rings. The Bertz CT molecular complexity index is 506. The predicted molar refractivity (Wildman–Crippen MR) is 71.9 cm³/mol. The van der Waals surface area contributed by atoms with Crippen molar-refractivity contribution in [1.29, 1.82) is 0 Å². The summed E-state index contributed by atoms with van der Waals surface area (Å²) >= 11 is 0. The minimum atomic E-state index is -1.30. The van der Waals surface area contributed by atoms with Gasteiger partial charge in [-0.25, -0.2) is 4.79 Å². The monoisotopic (exact) mass is 263 g/mol. The number of aliphatic carboxylic acids is 1. The van der Waals surface area contributed by atoms with Crippen LogP contribution in [0.5, 0.6) is 5.75 Å². The van der Waals surface area contributed by atoms with E-state index < -0.39 is 17.4 Å². The molecule has 1 amide bonds. The van der Waals surface area contributed by atoms with E-state index in [4.69, 9.17) is 9.84 Å². The van der Waals surface area contributed by atoms with Crippen LogP contribution in [0, 0.1) is 0 Å². The summed E-state index contributed by atoms with van der Waals surface area (Å²) in [4.78, 5) is 22.5. The van der Waals surface area contributed by atoms with Crippen molar-refractivity contribution in [3.8, 4) is 5.75 Å². The summed E-state index contributed by atoms with van der Waals surface area (Å²) in [6.45, 7) is 2.84. The van der Waals surface area contributed by atoms with Gasteiger partial charge in [-0.3, -0.25) is 4.79 Å². The van der Waals surface area contributed by atoms with E-state index in [1.54, 1.807) is 25.3 Å². The molecule has 1 rings (SSSR count). The number of para-hydroxylation sites is 1. The zero-order chi connectivity index (χ0) is 14.5. The number of amides is 1. The van der Waals surface area contributed by atoms with E-state index in [1.165, 1.54) is 19.9 Å². The number of nitrogens with one attached hydrogen (secondary N) is 1. The smallest absolute Gasteiger partial charge is 0.328 e. The SMILES string of the molecule is COc1ccccc1C=CC(=O)NC(C)(C)C(=O)O. The van der Waals surface area contributed by atoms with E-state index >= 15 is 0 Å². The second-order valence-electron chi connectivity index (χ2n) is 4.49. The number of carboxylic acids is 1. The van der Waals surface area contributed by atoms with Crippen LogP contribution in [-0.4, -0.2) is 29.6 Å². The van der Waals surface area contributed by atoms with Crippen molar-refractivity contribution < 1.29 is 19.4 Å². The van der Waals surface area contributed by atoms with Crippen LogP contribution in [0.25, 0.3) is 6.08 Å². The van der Waals surface area contributed by atoms with Gasteiger partial charge in [-0.15, -0.1) is 0 Å². The topological polar surface area (TPSA) is 75.6 Å². The van der Waals surface area contributed by atoms with Gasteiger partial charge in [-0.1, -0.05) is 18.2 Å². The van der Waals surface area contributed by atoms with Crippen LogP contribution in [0.4, 0.5) is 0 Å². The number of rotatable bonds is 5. The van der Waals surface area contributed by atoms with E-state index in [0.29, 0.717) is 5.75 Å². The summed E-state index contributed by atoms with van der Waals surface area (Å²) in [7, 11) is 1.54. The van der Waals surface area contributed by atoms with Gasteiger partial charge in [0.2, 0.25) is 5.91 Å². The van der Waals surface area contributed by atoms with E-state index in [1.807, 2.05) is 12.1 Å². The van der Waals surface area contributed by atoms with Crippen molar-refractivity contribution >= 4 is 18.0 Å². The van der Waals surface area contributed by atoms with E-state index in [2.05, 4.69) is 5.32 Å². The molecule has 0 atom stereocenters. The maximum atomic E-state index is 11.6. The molecule has 0 saturated heterocycles. The average Bonchev–Trinajstić information content (AvgIpc) is 2.36. The molecule has 5 nitrogen and oxygen atoms in total. The lowest BCUT2D eigenvalue weighted by Crippen LogP contribution is -2.49. The summed E-state index contributed by atoms with van der Waals surface area (Å²) in [6.07, 6.45) is 2.86. The molecule has 1 aromatic carbocycles. The highest BCUT2D eigenvalue weighted by Gasteiger charge is 2.27. The van der Waals surface area contributed by atoms with Crippen LogP contribution in [0.15, 0.2) is 30.3 Å². The lowest BCUT2D eigenvalue weighted by molar-refractivity contribution is -0.145. The first kappa shape index (κ1) is 14.8. The molecule has 19 heavy (non-hydrogen) atoms. The molecule has 0 aliphatic heterocycles. The minimum Gasteiger partial charge on any atom is -0.496 e. The fourth-order valence-corrected chi connectivity index (χ4v) is 1.37. The average molecular weight is 263 g/mol. The standard InChI is InChI=1S/C14H17NO4/c1-14(2,13(17)18)15-12(16)9-8-10-6-4-5-7-11(10)19-3/h4-9H,1-3H3,(H,15,16)(H,17,18). The van der Waals surface area contributed by atoms with Gasteiger partial charge in [0.1, 0.15) is 11.3 Å². The molecule has 0 saturated carbocycles. The van der Waals surface area contributed by atoms with Gasteiger partial charge >= 0.3 is 5.97 Å². The minimum absolute atomic E-state index is 0.474. The lowest BCUT2D eigenvalue weighted by Gasteiger charge is -2.19. The number of benzene rings is 1. The number of methoxy groups -OCH3 is 1. The Balaban J connectivity index is 2.77. The molecule has 5 heteroatoms. The highest BCUT2D eigenvalue weighted by Crippen LogP contribution is 2.18. The second-order valence-corrected chi connectivity index (χ2v) is 4.49. The van der Waals surface area contributed by atoms with Crippen LogP contribution in [0.2, 0.25) is 0 Å². The molecule has 1 aromatic rings. The van der Waals surface area contributed by atoms with Crippen molar-refractivity contribution in [3.05, 3.63) is 35.9 Å². The highest BCUT2D eigenvalue weighted by atomic mass is 16.5. The number of hydrogen-bond donors (Lipinski definition) is 2. The third kappa shape index (κ3) is 4.13. The van der Waals surface area contributed by atoms with Gasteiger partial charge in [0.15, 0.2) is 0 Å². The number of carbonyl (C=O) groups is 2. The van der Waals surface area contributed by atoms with Crippen LogP contribution in [-0.2, 0) is 9.59 Å². The first-order valence-corrected chi connectivity index (χ1v) is 5.73. The second kappa shape index (κ2) is 6.04. The summed E-state index contributed by atoms with van der Waals surface area (Å²) in [5, 5.41) is 11.3. The highest BCUT2D eigenvalue weighted by molar-refractivity contribution is 5.95. The van der Waals surface area contributed by atoms with Gasteiger partial charge < -0.3 is 15.2 Å². The maximum absolute atomic E-state index is 11.6. The van der Waals surface area contributed by atoms with Crippen LogP contribution in [0.1, 0.15) is 19.4 Å². The molecule has 0 spiro atoms. The molecule has 0 heterocycles. The Hall–Kier alpha value is -2.30. The number of carboxylic acid groups (broad SMARTS) is 1. The Labute approximate surface area is 111 Å². The van der Waals surface area contributed by atoms with E-state index in [-0.39, 0.29) is 0 Å². The molecular formula is C14H17NO4. The van der Waals surface area contributed by atoms with E-state index in [9.17, 15) is 9.59 Å². The lowest BCUT2D eigenvalue weighted by atomic mass is 10.1. The van der Waals surface area contributed by atoms with Crippen LogP contribution in [0.3, 0.4) is 0 Å². The fraction of sp³-hybridized carbons (Fsp3) is 0.286. The molecule has 2 N–H and O–H groups in total. The van der Waals surface area contributed by atoms with Gasteiger partial charge in [0.05, 0.1) is 7.11 Å². The van der Waals surface area contributed by atoms with Gasteiger partial charge in [-0.05, 0) is 26.0 Å². The maximum Gasteiger partial charge on any atom is 0.328 e. The molecule has 0 unspecified atom stereocenters. The predicted octanol–water partition coefficient (Wildman–Crippen LogP) is 1.69. The Morgan fingerprint density at radius 1 is 1.32 bits per heavy atom. The van der Waals surface area contributed by atoms with E-state index in [0.717, 1.165) is 5.56 Å². The number of carbonyl (C=O) groups excluding carboxylic acids is 1. The van der Waals surface area contributed by atoms with Gasteiger partial charge in [0.25, 0.3) is 0 Å². The first-order valence-electron chi connectivity index (χ1n) is 5.73. The molecule has 0 fully saturated rings. The van der Waals surface area contributed by atoms with Crippen molar-refractivity contribution in [2.24, 2.45) is 0 Å². The third-order valence-electron chi connectivity index (χ3n) is 2.52. The number of ether oxygens (including phenoxy) is 1. The summed E-state index contributed by atoms with van der Waals surface area (Å²) in [5.41, 5.74) is -0.560. The summed E-state index contributed by atoms with van der Waals surface area (Å²) in [5.74, 6) is -0.922. The molecular weight excluding hydrogens is 246 g/mol. The van der Waals surface area contributed by atoms with Crippen molar-refractivity contribution in [2.75, 3.05) is 7.11 Å². The van der Waals surface area contributed by atoms with Crippen molar-refractivity contribution in [2.45, 2.75) is 19.4 Å². The van der Waals surface area contributed by atoms with Crippen LogP contribution >= 0.6 is 0 Å². The Morgan fingerprint density at radius 2 is 1.95 bits per heavy atom. The first-order chi connectivity index (χ1) is 8.86. The van der Waals surface area contributed by atoms with Crippen molar-refractivity contribution in [1.82, 2.24) is 5.32 Å². The molecule has 102 valence electrons. The van der Waals surface area contributed by atoms with Gasteiger partial charge in [0, 0.05) is 11.6 Å². The largest absolute Gasteiger partial charge is 0.496 e. The molecule has 0 bridgehead atoms. The Morgan fingerprint density at radius 3 is 2.53 bits per heavy atom. The van der Waals surface area contributed by atoms with Gasteiger partial charge in [-0.2, -0.15) is 0 Å². The fourth-order valence-electron chi connectivity index (χ4n) is 1.37. The molecule has 0 aromatic heterocycles. The summed E-state index contributed by atoms with van der Waals surface area (Å²) in [6, 6.07) is 7.22. The zero-order valence-electron chi connectivity index (χ0n) is 11.1.